The molecule has 0 aromatic carbocycles. The first kappa shape index (κ1) is 9.94. The van der Waals surface area contributed by atoms with Gasteiger partial charge in [0.15, 0.2) is 0 Å². The maximum absolute atomic E-state index is 11.0. The van der Waals surface area contributed by atoms with Crippen molar-refractivity contribution >= 4 is 11.8 Å². The predicted molar refractivity (Wildman–Crippen MR) is 46.4 cm³/mol. The quantitative estimate of drug-likeness (QED) is 0.427. The number of hydrogen-bond donors (Lipinski definition) is 3. The van der Waals surface area contributed by atoms with E-state index >= 15 is 0 Å². The van der Waals surface area contributed by atoms with Crippen molar-refractivity contribution in [3.05, 3.63) is 0 Å². The highest BCUT2D eigenvalue weighted by Crippen LogP contribution is 2.02. The van der Waals surface area contributed by atoms with Crippen LogP contribution in [0.25, 0.3) is 0 Å². The van der Waals surface area contributed by atoms with E-state index < -0.39 is 0 Å². The number of likely N-dealkylation sites (tertiary alicyclic amines) is 1. The molecule has 0 aliphatic carbocycles. The van der Waals surface area contributed by atoms with E-state index in [0.717, 1.165) is 13.1 Å². The van der Waals surface area contributed by atoms with Gasteiger partial charge in [-0.15, -0.1) is 0 Å². The molecule has 0 unspecified atom stereocenters. The number of carbonyl (C=O) groups is 2. The van der Waals surface area contributed by atoms with Crippen LogP contribution in [0, 0.1) is 0 Å². The van der Waals surface area contributed by atoms with Gasteiger partial charge in [-0.25, -0.2) is 0 Å². The van der Waals surface area contributed by atoms with Gasteiger partial charge in [0.05, 0.1) is 6.54 Å². The van der Waals surface area contributed by atoms with E-state index in [4.69, 9.17) is 5.73 Å². The first-order chi connectivity index (χ1) is 6.08. The van der Waals surface area contributed by atoms with E-state index in [1.54, 1.807) is 0 Å². The molecule has 1 rings (SSSR count). The van der Waals surface area contributed by atoms with E-state index in [1.165, 1.54) is 6.92 Å². The van der Waals surface area contributed by atoms with E-state index in [2.05, 4.69) is 10.9 Å². The molecule has 0 spiro atoms. The Balaban J connectivity index is 2.08. The molecule has 0 aromatic heterocycles. The lowest BCUT2D eigenvalue weighted by Gasteiger charge is -2.35. The second-order valence-corrected chi connectivity index (χ2v) is 3.18. The monoisotopic (exact) mass is 186 g/mol. The number of hydrogen-bond acceptors (Lipinski definition) is 4. The van der Waals surface area contributed by atoms with Gasteiger partial charge in [0, 0.05) is 26.1 Å². The number of carbonyl (C=O) groups excluding carboxylic acids is 2. The molecule has 1 saturated heterocycles. The number of nitrogens with two attached hydrogens (primary N) is 1. The number of rotatable bonds is 2. The van der Waals surface area contributed by atoms with Gasteiger partial charge in [0.25, 0.3) is 5.91 Å². The van der Waals surface area contributed by atoms with Crippen molar-refractivity contribution in [1.29, 1.82) is 0 Å². The van der Waals surface area contributed by atoms with Gasteiger partial charge in [-0.05, 0) is 0 Å². The molecule has 13 heavy (non-hydrogen) atoms. The molecule has 1 fully saturated rings. The van der Waals surface area contributed by atoms with E-state index in [0.29, 0.717) is 0 Å². The van der Waals surface area contributed by atoms with Gasteiger partial charge in [-0.3, -0.25) is 25.3 Å². The fourth-order valence-corrected chi connectivity index (χ4v) is 1.14. The summed E-state index contributed by atoms with van der Waals surface area (Å²) in [4.78, 5) is 23.4. The van der Waals surface area contributed by atoms with Crippen LogP contribution in [0.1, 0.15) is 6.92 Å². The van der Waals surface area contributed by atoms with Crippen molar-refractivity contribution in [2.45, 2.75) is 13.0 Å². The van der Waals surface area contributed by atoms with Crippen molar-refractivity contribution in [3.63, 3.8) is 0 Å². The van der Waals surface area contributed by atoms with Crippen LogP contribution < -0.4 is 16.6 Å². The number of amides is 2. The topological polar surface area (TPSA) is 87.5 Å². The Labute approximate surface area is 76.4 Å². The average molecular weight is 186 g/mol. The Morgan fingerprint density at radius 2 is 2.08 bits per heavy atom. The largest absolute Gasteiger partial charge is 0.325 e. The van der Waals surface area contributed by atoms with Crippen LogP contribution in [0.15, 0.2) is 0 Å². The third kappa shape index (κ3) is 3.39. The smallest absolute Gasteiger partial charge is 0.252 e. The van der Waals surface area contributed by atoms with Gasteiger partial charge in [-0.2, -0.15) is 0 Å². The molecule has 0 atom stereocenters. The number of nitrogens with one attached hydrogen (secondary N) is 2. The van der Waals surface area contributed by atoms with Crippen molar-refractivity contribution in [2.75, 3.05) is 19.6 Å². The molecule has 6 nitrogen and oxygen atoms in total. The molecule has 74 valence electrons. The summed E-state index contributed by atoms with van der Waals surface area (Å²) in [5, 5.41) is 0. The minimum atomic E-state index is -0.284. The maximum atomic E-state index is 11.0. The van der Waals surface area contributed by atoms with Crippen LogP contribution in [0.2, 0.25) is 0 Å². The highest BCUT2D eigenvalue weighted by atomic mass is 16.2. The van der Waals surface area contributed by atoms with Gasteiger partial charge >= 0.3 is 0 Å². The summed E-state index contributed by atoms with van der Waals surface area (Å²) in [5.74, 6) is -0.504. The minimum Gasteiger partial charge on any atom is -0.325 e. The third-order valence-electron chi connectivity index (χ3n) is 1.73. The normalized spacial score (nSPS) is 17.7. The van der Waals surface area contributed by atoms with Crippen molar-refractivity contribution in [3.8, 4) is 0 Å². The molecule has 6 heteroatoms. The van der Waals surface area contributed by atoms with Crippen molar-refractivity contribution in [1.82, 2.24) is 15.8 Å². The maximum Gasteiger partial charge on any atom is 0.252 e. The first-order valence-electron chi connectivity index (χ1n) is 4.11. The summed E-state index contributed by atoms with van der Waals surface area (Å²) >= 11 is 0. The van der Waals surface area contributed by atoms with Crippen LogP contribution in [0.3, 0.4) is 0 Å². The molecule has 4 N–H and O–H groups in total. The molecule has 1 aliphatic rings. The average Bonchev–Trinajstić information content (AvgIpc) is 1.98. The van der Waals surface area contributed by atoms with Crippen LogP contribution >= 0.6 is 0 Å². The second kappa shape index (κ2) is 4.20. The van der Waals surface area contributed by atoms with Gasteiger partial charge in [-0.1, -0.05) is 0 Å². The third-order valence-corrected chi connectivity index (χ3v) is 1.73. The summed E-state index contributed by atoms with van der Waals surface area (Å²) in [6.45, 7) is 3.11. The Kier molecular flexibility index (Phi) is 3.21. The SMILES string of the molecule is CC(=O)NNC(=O)CN1CC(N)C1. The van der Waals surface area contributed by atoms with Gasteiger partial charge < -0.3 is 5.73 Å². The minimum absolute atomic E-state index is 0.188. The van der Waals surface area contributed by atoms with Crippen LogP contribution in [0.4, 0.5) is 0 Å². The Hall–Kier alpha value is -1.14. The number of nitrogens with zero attached hydrogens (tertiary/aromatic N) is 1. The summed E-state index contributed by atoms with van der Waals surface area (Å²) in [7, 11) is 0. The Morgan fingerprint density at radius 3 is 2.54 bits per heavy atom. The van der Waals surface area contributed by atoms with Crippen LogP contribution in [0.5, 0.6) is 0 Å². The standard InChI is InChI=1S/C7H14N4O2/c1-5(12)9-10-7(13)4-11-2-6(8)3-11/h6H,2-4,8H2,1H3,(H,9,12)(H,10,13). The van der Waals surface area contributed by atoms with Crippen molar-refractivity contribution < 1.29 is 9.59 Å². The van der Waals surface area contributed by atoms with E-state index in [-0.39, 0.29) is 24.4 Å². The molecule has 0 radical (unpaired) electrons. The van der Waals surface area contributed by atoms with Gasteiger partial charge in [0.1, 0.15) is 0 Å². The summed E-state index contributed by atoms with van der Waals surface area (Å²) in [6, 6.07) is 0.188. The molecule has 0 bridgehead atoms. The summed E-state index contributed by atoms with van der Waals surface area (Å²) in [6.07, 6.45) is 0. The molecular formula is C7H14N4O2. The van der Waals surface area contributed by atoms with Crippen molar-refractivity contribution in [2.24, 2.45) is 5.73 Å². The lowest BCUT2D eigenvalue weighted by Crippen LogP contribution is -2.58. The Morgan fingerprint density at radius 1 is 1.46 bits per heavy atom. The number of hydrazine groups is 1. The van der Waals surface area contributed by atoms with Crippen LogP contribution in [-0.2, 0) is 9.59 Å². The summed E-state index contributed by atoms with van der Waals surface area (Å²) in [5.41, 5.74) is 10.0. The first-order valence-corrected chi connectivity index (χ1v) is 4.11. The summed E-state index contributed by atoms with van der Waals surface area (Å²) < 4.78 is 0. The molecular weight excluding hydrogens is 172 g/mol. The second-order valence-electron chi connectivity index (χ2n) is 3.18. The van der Waals surface area contributed by atoms with E-state index in [1.807, 2.05) is 4.90 Å². The zero-order valence-electron chi connectivity index (χ0n) is 7.54. The molecule has 0 saturated carbocycles. The molecule has 1 heterocycles. The lowest BCUT2D eigenvalue weighted by atomic mass is 10.1. The zero-order valence-corrected chi connectivity index (χ0v) is 7.54. The predicted octanol–water partition coefficient (Wildman–Crippen LogP) is -2.20. The lowest BCUT2D eigenvalue weighted by molar-refractivity contribution is -0.129. The highest BCUT2D eigenvalue weighted by Gasteiger charge is 2.24. The molecule has 1 aliphatic heterocycles. The Bertz CT molecular complexity index is 213. The van der Waals surface area contributed by atoms with Gasteiger partial charge in [0.2, 0.25) is 5.91 Å². The molecule has 0 aromatic rings. The molecule has 2 amide bonds. The van der Waals surface area contributed by atoms with Crippen LogP contribution in [-0.4, -0.2) is 42.4 Å². The van der Waals surface area contributed by atoms with E-state index in [9.17, 15) is 9.59 Å². The zero-order chi connectivity index (χ0) is 9.84. The highest BCUT2D eigenvalue weighted by molar-refractivity contribution is 5.82. The fourth-order valence-electron chi connectivity index (χ4n) is 1.14. The fraction of sp³-hybridized carbons (Fsp3) is 0.714.